The Morgan fingerprint density at radius 2 is 1.62 bits per heavy atom. The minimum atomic E-state index is 0.0323. The van der Waals surface area contributed by atoms with Gasteiger partial charge in [-0.05, 0) is 40.1 Å². The fourth-order valence-corrected chi connectivity index (χ4v) is 3.08. The van der Waals surface area contributed by atoms with Crippen molar-refractivity contribution >= 4 is 10.8 Å². The Balaban J connectivity index is 1.86. The van der Waals surface area contributed by atoms with Gasteiger partial charge in [0.2, 0.25) is 0 Å². The molecule has 0 aliphatic carbocycles. The van der Waals surface area contributed by atoms with Crippen LogP contribution in [0.3, 0.4) is 0 Å². The standard InChI is InChI=1S/C21H15N3/c22-14-16-5-7-18(8-6-16)21(24-12-11-23-15-24)20-10-9-17-3-1-2-4-19(17)13-20/h1-13,15,21H. The minimum Gasteiger partial charge on any atom is -0.326 e. The average molecular weight is 309 g/mol. The number of imidazole rings is 1. The molecule has 1 heterocycles. The molecular weight excluding hydrogens is 294 g/mol. The second-order valence-corrected chi connectivity index (χ2v) is 5.75. The van der Waals surface area contributed by atoms with Crippen LogP contribution in [0.15, 0.2) is 85.5 Å². The van der Waals surface area contributed by atoms with Crippen molar-refractivity contribution in [2.75, 3.05) is 0 Å². The first-order valence-corrected chi connectivity index (χ1v) is 7.81. The van der Waals surface area contributed by atoms with E-state index in [4.69, 9.17) is 5.26 Å². The molecule has 0 saturated heterocycles. The normalized spacial score (nSPS) is 12.0. The van der Waals surface area contributed by atoms with Crippen LogP contribution in [0, 0.1) is 11.3 Å². The highest BCUT2D eigenvalue weighted by atomic mass is 15.0. The smallest absolute Gasteiger partial charge is 0.0991 e. The third-order valence-electron chi connectivity index (χ3n) is 4.27. The highest BCUT2D eigenvalue weighted by molar-refractivity contribution is 5.83. The Hall–Kier alpha value is -3.38. The van der Waals surface area contributed by atoms with Crippen molar-refractivity contribution in [2.24, 2.45) is 0 Å². The molecule has 0 amide bonds. The van der Waals surface area contributed by atoms with Crippen LogP contribution in [0.4, 0.5) is 0 Å². The molecule has 0 bridgehead atoms. The first-order valence-electron chi connectivity index (χ1n) is 7.81. The third kappa shape index (κ3) is 2.55. The summed E-state index contributed by atoms with van der Waals surface area (Å²) in [6, 6.07) is 24.8. The molecule has 1 atom stereocenters. The van der Waals surface area contributed by atoms with E-state index >= 15 is 0 Å². The number of rotatable bonds is 3. The number of nitrogens with zero attached hydrogens (tertiary/aromatic N) is 3. The highest BCUT2D eigenvalue weighted by Gasteiger charge is 2.16. The summed E-state index contributed by atoms with van der Waals surface area (Å²) in [5.74, 6) is 0. The van der Waals surface area contributed by atoms with E-state index in [0.717, 1.165) is 5.56 Å². The van der Waals surface area contributed by atoms with Crippen LogP contribution >= 0.6 is 0 Å². The van der Waals surface area contributed by atoms with E-state index in [1.54, 1.807) is 6.20 Å². The summed E-state index contributed by atoms with van der Waals surface area (Å²) in [6.07, 6.45) is 5.59. The van der Waals surface area contributed by atoms with Gasteiger partial charge in [-0.1, -0.05) is 48.5 Å². The van der Waals surface area contributed by atoms with Crippen LogP contribution in [0.5, 0.6) is 0 Å². The third-order valence-corrected chi connectivity index (χ3v) is 4.27. The van der Waals surface area contributed by atoms with Gasteiger partial charge in [-0.3, -0.25) is 0 Å². The van der Waals surface area contributed by atoms with Crippen LogP contribution in [-0.2, 0) is 0 Å². The van der Waals surface area contributed by atoms with Gasteiger partial charge in [-0.2, -0.15) is 5.26 Å². The van der Waals surface area contributed by atoms with Crippen LogP contribution in [0.25, 0.3) is 10.8 Å². The van der Waals surface area contributed by atoms with Gasteiger partial charge < -0.3 is 4.57 Å². The molecule has 3 heteroatoms. The van der Waals surface area contributed by atoms with E-state index in [2.05, 4.69) is 58.1 Å². The number of aromatic nitrogens is 2. The molecule has 114 valence electrons. The predicted molar refractivity (Wildman–Crippen MR) is 94.6 cm³/mol. The van der Waals surface area contributed by atoms with Crippen LogP contribution in [0.2, 0.25) is 0 Å². The second-order valence-electron chi connectivity index (χ2n) is 5.75. The van der Waals surface area contributed by atoms with Gasteiger partial charge in [0.25, 0.3) is 0 Å². The number of nitriles is 1. The molecule has 0 aliphatic heterocycles. The molecule has 0 spiro atoms. The van der Waals surface area contributed by atoms with E-state index in [-0.39, 0.29) is 6.04 Å². The van der Waals surface area contributed by atoms with E-state index in [9.17, 15) is 0 Å². The molecule has 0 N–H and O–H groups in total. The molecule has 0 saturated carbocycles. The predicted octanol–water partition coefficient (Wildman–Crippen LogP) is 4.55. The maximum absolute atomic E-state index is 9.02. The molecule has 1 aromatic heterocycles. The van der Waals surface area contributed by atoms with Crippen molar-refractivity contribution in [1.82, 2.24) is 9.55 Å². The molecular formula is C21H15N3. The van der Waals surface area contributed by atoms with Crippen molar-refractivity contribution in [3.05, 3.63) is 102 Å². The summed E-state index contributed by atoms with van der Waals surface area (Å²) < 4.78 is 2.09. The molecule has 3 aromatic carbocycles. The fourth-order valence-electron chi connectivity index (χ4n) is 3.08. The van der Waals surface area contributed by atoms with Crippen LogP contribution in [0.1, 0.15) is 22.7 Å². The Bertz CT molecular complexity index is 1010. The Kier molecular flexibility index (Phi) is 3.57. The van der Waals surface area contributed by atoms with Gasteiger partial charge in [-0.25, -0.2) is 4.98 Å². The zero-order valence-electron chi connectivity index (χ0n) is 13.0. The molecule has 24 heavy (non-hydrogen) atoms. The molecule has 0 fully saturated rings. The minimum absolute atomic E-state index is 0.0323. The van der Waals surface area contributed by atoms with Gasteiger partial charge in [-0.15, -0.1) is 0 Å². The van der Waals surface area contributed by atoms with E-state index < -0.39 is 0 Å². The lowest BCUT2D eigenvalue weighted by molar-refractivity contribution is 0.677. The Morgan fingerprint density at radius 3 is 2.33 bits per heavy atom. The maximum Gasteiger partial charge on any atom is 0.0991 e. The average Bonchev–Trinajstić information content (AvgIpc) is 3.17. The number of hydrogen-bond acceptors (Lipinski definition) is 2. The summed E-state index contributed by atoms with van der Waals surface area (Å²) in [5.41, 5.74) is 2.99. The van der Waals surface area contributed by atoms with Gasteiger partial charge in [0.05, 0.1) is 24.0 Å². The van der Waals surface area contributed by atoms with Crippen molar-refractivity contribution in [3.63, 3.8) is 0 Å². The van der Waals surface area contributed by atoms with Gasteiger partial charge >= 0.3 is 0 Å². The largest absolute Gasteiger partial charge is 0.326 e. The zero-order chi connectivity index (χ0) is 16.4. The summed E-state index contributed by atoms with van der Waals surface area (Å²) in [4.78, 5) is 4.20. The molecule has 0 aliphatic rings. The lowest BCUT2D eigenvalue weighted by atomic mass is 9.95. The molecule has 3 nitrogen and oxygen atoms in total. The van der Waals surface area contributed by atoms with Crippen molar-refractivity contribution in [2.45, 2.75) is 6.04 Å². The van der Waals surface area contributed by atoms with Gasteiger partial charge in [0, 0.05) is 12.4 Å². The number of fused-ring (bicyclic) bond motifs is 1. The monoisotopic (exact) mass is 309 g/mol. The van der Waals surface area contributed by atoms with E-state index in [1.807, 2.05) is 36.8 Å². The SMILES string of the molecule is N#Cc1ccc(C(c2ccc3ccccc3c2)n2ccnc2)cc1. The van der Waals surface area contributed by atoms with Crippen molar-refractivity contribution in [1.29, 1.82) is 5.26 Å². The topological polar surface area (TPSA) is 41.6 Å². The number of hydrogen-bond donors (Lipinski definition) is 0. The fraction of sp³-hybridized carbons (Fsp3) is 0.0476. The molecule has 4 aromatic rings. The van der Waals surface area contributed by atoms with Crippen LogP contribution < -0.4 is 0 Å². The zero-order valence-corrected chi connectivity index (χ0v) is 13.0. The molecule has 4 rings (SSSR count). The first kappa shape index (κ1) is 14.2. The summed E-state index contributed by atoms with van der Waals surface area (Å²) in [6.45, 7) is 0. The highest BCUT2D eigenvalue weighted by Crippen LogP contribution is 2.29. The van der Waals surface area contributed by atoms with Gasteiger partial charge in [0.1, 0.15) is 0 Å². The lowest BCUT2D eigenvalue weighted by Gasteiger charge is -2.20. The van der Waals surface area contributed by atoms with E-state index in [1.165, 1.54) is 16.3 Å². The quantitative estimate of drug-likeness (QED) is 0.557. The summed E-state index contributed by atoms with van der Waals surface area (Å²) >= 11 is 0. The molecule has 0 radical (unpaired) electrons. The number of benzene rings is 3. The van der Waals surface area contributed by atoms with Crippen LogP contribution in [-0.4, -0.2) is 9.55 Å². The van der Waals surface area contributed by atoms with E-state index in [0.29, 0.717) is 5.56 Å². The van der Waals surface area contributed by atoms with Crippen molar-refractivity contribution in [3.8, 4) is 6.07 Å². The second kappa shape index (κ2) is 6.02. The lowest BCUT2D eigenvalue weighted by Crippen LogP contribution is -2.10. The maximum atomic E-state index is 9.02. The van der Waals surface area contributed by atoms with Crippen molar-refractivity contribution < 1.29 is 0 Å². The summed E-state index contributed by atoms with van der Waals surface area (Å²) in [7, 11) is 0. The Labute approximate surface area is 140 Å². The first-order chi connectivity index (χ1) is 11.8. The summed E-state index contributed by atoms with van der Waals surface area (Å²) in [5, 5.41) is 11.5. The Morgan fingerprint density at radius 1 is 0.875 bits per heavy atom. The molecule has 1 unspecified atom stereocenters. The van der Waals surface area contributed by atoms with Gasteiger partial charge in [0.15, 0.2) is 0 Å².